The van der Waals surface area contributed by atoms with Gasteiger partial charge in [-0.05, 0) is 61.4 Å². The Morgan fingerprint density at radius 1 is 1.19 bits per heavy atom. The third-order valence-corrected chi connectivity index (χ3v) is 5.17. The van der Waals surface area contributed by atoms with Crippen LogP contribution in [0, 0.1) is 5.92 Å². The average Bonchev–Trinajstić information content (AvgIpc) is 2.63. The van der Waals surface area contributed by atoms with Crippen LogP contribution in [0.15, 0.2) is 24.3 Å². The molecular weight excluding hydrogens is 360 g/mol. The zero-order chi connectivity index (χ0) is 19.0. The molecular formula is C22H37ClN2O2. The van der Waals surface area contributed by atoms with Crippen molar-refractivity contribution in [1.82, 2.24) is 10.2 Å². The van der Waals surface area contributed by atoms with Crippen molar-refractivity contribution in [2.24, 2.45) is 5.92 Å². The van der Waals surface area contributed by atoms with Gasteiger partial charge in [-0.25, -0.2) is 0 Å². The minimum Gasteiger partial charge on any atom is -0.494 e. The quantitative estimate of drug-likeness (QED) is 0.661. The lowest BCUT2D eigenvalue weighted by Gasteiger charge is -2.32. The summed E-state index contributed by atoms with van der Waals surface area (Å²) in [5.41, 5.74) is 1.46. The van der Waals surface area contributed by atoms with Crippen LogP contribution in [0.5, 0.6) is 5.75 Å². The molecule has 1 aromatic rings. The van der Waals surface area contributed by atoms with Crippen LogP contribution >= 0.6 is 12.4 Å². The smallest absolute Gasteiger partial charge is 0.222 e. The number of likely N-dealkylation sites (tertiary alicyclic amines) is 1. The number of carbonyl (C=O) groups excluding carboxylic acids is 1. The van der Waals surface area contributed by atoms with Crippen LogP contribution in [0.1, 0.15) is 58.9 Å². The molecule has 2 rings (SSSR count). The van der Waals surface area contributed by atoms with E-state index in [4.69, 9.17) is 4.74 Å². The Kier molecular flexibility index (Phi) is 10.2. The number of hydrogen-bond donors (Lipinski definition) is 1. The average molecular weight is 397 g/mol. The lowest BCUT2D eigenvalue weighted by molar-refractivity contribution is -0.132. The monoisotopic (exact) mass is 396 g/mol. The minimum atomic E-state index is 0. The fraction of sp³-hybridized carbons (Fsp3) is 0.682. The van der Waals surface area contributed by atoms with Gasteiger partial charge in [-0.15, -0.1) is 12.4 Å². The summed E-state index contributed by atoms with van der Waals surface area (Å²) < 4.78 is 5.79. The predicted octanol–water partition coefficient (Wildman–Crippen LogP) is 4.41. The molecule has 1 saturated heterocycles. The fourth-order valence-corrected chi connectivity index (χ4v) is 3.36. The molecule has 4 nitrogen and oxygen atoms in total. The van der Waals surface area contributed by atoms with E-state index in [1.54, 1.807) is 0 Å². The molecule has 1 N–H and O–H groups in total. The van der Waals surface area contributed by atoms with Crippen LogP contribution in [0.2, 0.25) is 0 Å². The summed E-state index contributed by atoms with van der Waals surface area (Å²) in [4.78, 5) is 14.4. The summed E-state index contributed by atoms with van der Waals surface area (Å²) in [5.74, 6) is 1.88. The largest absolute Gasteiger partial charge is 0.494 e. The van der Waals surface area contributed by atoms with Crippen LogP contribution in [0.3, 0.4) is 0 Å². The van der Waals surface area contributed by atoms with Gasteiger partial charge in [0.15, 0.2) is 0 Å². The lowest BCUT2D eigenvalue weighted by atomic mass is 9.87. The number of halogens is 1. The maximum Gasteiger partial charge on any atom is 0.222 e. The Hall–Kier alpha value is -1.26. The van der Waals surface area contributed by atoms with Crippen LogP contribution in [-0.4, -0.2) is 43.6 Å². The van der Waals surface area contributed by atoms with Crippen LogP contribution in [0.4, 0.5) is 0 Å². The second kappa shape index (κ2) is 11.6. The Morgan fingerprint density at radius 2 is 1.81 bits per heavy atom. The first-order valence-corrected chi connectivity index (χ1v) is 10.1. The van der Waals surface area contributed by atoms with E-state index in [1.807, 2.05) is 17.0 Å². The van der Waals surface area contributed by atoms with E-state index in [-0.39, 0.29) is 23.7 Å². The number of carbonyl (C=O) groups is 1. The molecule has 1 aromatic carbocycles. The molecule has 27 heavy (non-hydrogen) atoms. The highest BCUT2D eigenvalue weighted by atomic mass is 35.5. The summed E-state index contributed by atoms with van der Waals surface area (Å²) in [6, 6.07) is 8.30. The SMILES string of the molecule is CCNCC1CCN(C(=O)CCCOc2ccc(C(C)(C)C)cc2)CC1.Cl. The van der Waals surface area contributed by atoms with Crippen LogP contribution in [-0.2, 0) is 10.2 Å². The molecule has 0 aromatic heterocycles. The van der Waals surface area contributed by atoms with E-state index in [2.05, 4.69) is 45.1 Å². The third kappa shape index (κ3) is 8.10. The number of benzene rings is 1. The van der Waals surface area contributed by atoms with Crippen molar-refractivity contribution >= 4 is 18.3 Å². The van der Waals surface area contributed by atoms with Gasteiger partial charge in [0.1, 0.15) is 5.75 Å². The molecule has 1 fully saturated rings. The molecule has 0 unspecified atom stereocenters. The summed E-state index contributed by atoms with van der Waals surface area (Å²) in [6.07, 6.45) is 3.60. The van der Waals surface area contributed by atoms with Gasteiger partial charge in [-0.1, -0.05) is 39.8 Å². The maximum atomic E-state index is 12.3. The molecule has 0 spiro atoms. The molecule has 1 aliphatic heterocycles. The number of rotatable bonds is 8. The first-order chi connectivity index (χ1) is 12.4. The van der Waals surface area contributed by atoms with E-state index in [0.717, 1.165) is 57.1 Å². The topological polar surface area (TPSA) is 41.6 Å². The van der Waals surface area contributed by atoms with Crippen molar-refractivity contribution in [3.8, 4) is 5.75 Å². The van der Waals surface area contributed by atoms with Crippen molar-refractivity contribution in [2.75, 3.05) is 32.8 Å². The lowest BCUT2D eigenvalue weighted by Crippen LogP contribution is -2.40. The predicted molar refractivity (Wildman–Crippen MR) is 115 cm³/mol. The fourth-order valence-electron chi connectivity index (χ4n) is 3.36. The number of nitrogens with one attached hydrogen (secondary N) is 1. The highest BCUT2D eigenvalue weighted by Gasteiger charge is 2.22. The van der Waals surface area contributed by atoms with Crippen molar-refractivity contribution in [3.63, 3.8) is 0 Å². The Labute approximate surface area is 171 Å². The second-order valence-electron chi connectivity index (χ2n) is 8.36. The first-order valence-electron chi connectivity index (χ1n) is 10.1. The molecule has 0 bridgehead atoms. The number of ether oxygens (including phenoxy) is 1. The molecule has 0 aliphatic carbocycles. The molecule has 0 saturated carbocycles. The molecule has 1 heterocycles. The summed E-state index contributed by atoms with van der Waals surface area (Å²) in [7, 11) is 0. The number of nitrogens with zero attached hydrogens (tertiary/aromatic N) is 1. The third-order valence-electron chi connectivity index (χ3n) is 5.17. The highest BCUT2D eigenvalue weighted by Crippen LogP contribution is 2.24. The van der Waals surface area contributed by atoms with Crippen molar-refractivity contribution in [3.05, 3.63) is 29.8 Å². The van der Waals surface area contributed by atoms with Gasteiger partial charge in [0, 0.05) is 19.5 Å². The Bertz CT molecular complexity index is 546. The van der Waals surface area contributed by atoms with E-state index in [0.29, 0.717) is 13.0 Å². The summed E-state index contributed by atoms with van der Waals surface area (Å²) in [6.45, 7) is 13.3. The van der Waals surface area contributed by atoms with Crippen molar-refractivity contribution in [1.29, 1.82) is 0 Å². The maximum absolute atomic E-state index is 12.3. The highest BCUT2D eigenvalue weighted by molar-refractivity contribution is 5.85. The van der Waals surface area contributed by atoms with Gasteiger partial charge in [-0.3, -0.25) is 4.79 Å². The number of amides is 1. The number of hydrogen-bond acceptors (Lipinski definition) is 3. The molecule has 1 aliphatic rings. The van der Waals surface area contributed by atoms with Crippen LogP contribution in [0.25, 0.3) is 0 Å². The van der Waals surface area contributed by atoms with Crippen LogP contribution < -0.4 is 10.1 Å². The van der Waals surface area contributed by atoms with Gasteiger partial charge in [0.25, 0.3) is 0 Å². The van der Waals surface area contributed by atoms with Gasteiger partial charge in [0.05, 0.1) is 6.61 Å². The standard InChI is InChI=1S/C22H36N2O2.ClH/c1-5-23-17-18-12-14-24(15-13-18)21(25)7-6-16-26-20-10-8-19(9-11-20)22(2,3)4;/h8-11,18,23H,5-7,12-17H2,1-4H3;1H. The molecule has 5 heteroatoms. The minimum absolute atomic E-state index is 0. The van der Waals surface area contributed by atoms with Gasteiger partial charge in [-0.2, -0.15) is 0 Å². The Morgan fingerprint density at radius 3 is 2.37 bits per heavy atom. The van der Waals surface area contributed by atoms with E-state index in [9.17, 15) is 4.79 Å². The Balaban J connectivity index is 0.00000364. The molecule has 1 amide bonds. The van der Waals surface area contributed by atoms with E-state index >= 15 is 0 Å². The van der Waals surface area contributed by atoms with E-state index < -0.39 is 0 Å². The van der Waals surface area contributed by atoms with Gasteiger partial charge < -0.3 is 15.0 Å². The van der Waals surface area contributed by atoms with Crippen molar-refractivity contribution in [2.45, 2.75) is 58.8 Å². The second-order valence-corrected chi connectivity index (χ2v) is 8.36. The summed E-state index contributed by atoms with van der Waals surface area (Å²) >= 11 is 0. The number of piperidine rings is 1. The zero-order valence-corrected chi connectivity index (χ0v) is 18.2. The van der Waals surface area contributed by atoms with E-state index in [1.165, 1.54) is 5.56 Å². The zero-order valence-electron chi connectivity index (χ0n) is 17.4. The normalized spacial score (nSPS) is 15.3. The molecule has 0 atom stereocenters. The van der Waals surface area contributed by atoms with Crippen molar-refractivity contribution < 1.29 is 9.53 Å². The molecule has 0 radical (unpaired) electrons. The van der Waals surface area contributed by atoms with Gasteiger partial charge >= 0.3 is 0 Å². The summed E-state index contributed by atoms with van der Waals surface area (Å²) in [5, 5.41) is 3.41. The van der Waals surface area contributed by atoms with Gasteiger partial charge in [0.2, 0.25) is 5.91 Å². The molecule has 154 valence electrons. The first kappa shape index (κ1) is 23.8.